The third kappa shape index (κ3) is 10.2. The molecule has 5 amide bonds. The van der Waals surface area contributed by atoms with Crippen LogP contribution >= 0.6 is 0 Å². The van der Waals surface area contributed by atoms with Crippen molar-refractivity contribution >= 4 is 52.0 Å². The topological polar surface area (TPSA) is 188 Å². The van der Waals surface area contributed by atoms with E-state index < -0.39 is 23.8 Å². The number of piperazine rings is 1. The molecule has 3 saturated heterocycles. The quantitative estimate of drug-likeness (QED) is 0.138. The zero-order valence-corrected chi connectivity index (χ0v) is 40.2. The fourth-order valence-corrected chi connectivity index (χ4v) is 11.7. The number of aromatic nitrogens is 3. The minimum absolute atomic E-state index is 0.00108. The number of anilines is 3. The predicted octanol–water partition coefficient (Wildman–Crippen LogP) is 7.09. The summed E-state index contributed by atoms with van der Waals surface area (Å²) in [6.07, 6.45) is 6.18. The molecular formula is C51H63F3N10O6. The number of benzene rings is 2. The number of nitrogens with one attached hydrogen (secondary N) is 2. The van der Waals surface area contributed by atoms with E-state index >= 15 is 0 Å². The SMILES string of the molecule is COc1ccc(C(=O)N2CCC3(CCC(CN4CCN(C(=O)C5CCC(c6cc7c(N[C@H](C)c8cc(N)cc(C(F)(F)F)c8)ncnc7n(C)c6=O)CC5)CC4)CC3)CC2)cc1N1CCC(=O)NC1=O. The molecule has 374 valence electrons. The minimum Gasteiger partial charge on any atom is -0.495 e. The van der Waals surface area contributed by atoms with E-state index in [0.717, 1.165) is 70.3 Å². The van der Waals surface area contributed by atoms with Gasteiger partial charge in [0.2, 0.25) is 11.8 Å². The number of imide groups is 1. The second-order valence-corrected chi connectivity index (χ2v) is 20.2. The van der Waals surface area contributed by atoms with E-state index in [1.807, 2.05) is 15.9 Å². The summed E-state index contributed by atoms with van der Waals surface area (Å²) in [5, 5.41) is 6.15. The zero-order chi connectivity index (χ0) is 49.5. The van der Waals surface area contributed by atoms with E-state index in [4.69, 9.17) is 10.5 Å². The number of hydrogen-bond donors (Lipinski definition) is 3. The number of nitrogens with two attached hydrogens (primary N) is 1. The molecule has 0 radical (unpaired) electrons. The van der Waals surface area contributed by atoms with E-state index in [1.165, 1.54) is 29.0 Å². The number of rotatable bonds is 10. The van der Waals surface area contributed by atoms with Crippen molar-refractivity contribution in [3.63, 3.8) is 0 Å². The van der Waals surface area contributed by atoms with Crippen molar-refractivity contribution < 1.29 is 37.1 Å². The summed E-state index contributed by atoms with van der Waals surface area (Å²) >= 11 is 0. The molecule has 16 nitrogen and oxygen atoms in total. The third-order valence-corrected chi connectivity index (χ3v) is 16.0. The molecule has 2 saturated carbocycles. The number of carbonyl (C=O) groups excluding carboxylic acids is 4. The molecule has 4 N–H and O–H groups in total. The third-order valence-electron chi connectivity index (χ3n) is 16.0. The number of likely N-dealkylation sites (tertiary alicyclic amines) is 1. The summed E-state index contributed by atoms with van der Waals surface area (Å²) in [7, 11) is 3.17. The fourth-order valence-electron chi connectivity index (χ4n) is 11.7. The molecule has 4 aromatic rings. The summed E-state index contributed by atoms with van der Waals surface area (Å²) in [4.78, 5) is 82.4. The number of hydrogen-bond acceptors (Lipinski definition) is 11. The lowest BCUT2D eigenvalue weighted by atomic mass is 9.65. The second-order valence-electron chi connectivity index (χ2n) is 20.2. The first-order valence-electron chi connectivity index (χ1n) is 24.7. The Kier molecular flexibility index (Phi) is 13.8. The van der Waals surface area contributed by atoms with Gasteiger partial charge < -0.3 is 25.6 Å². The Labute approximate surface area is 405 Å². The lowest BCUT2D eigenvalue weighted by molar-refractivity contribution is -0.139. The highest BCUT2D eigenvalue weighted by atomic mass is 19.4. The van der Waals surface area contributed by atoms with Gasteiger partial charge in [-0.1, -0.05) is 0 Å². The number of methoxy groups -OCH3 is 1. The number of alkyl halides is 3. The molecule has 0 unspecified atom stereocenters. The van der Waals surface area contributed by atoms with Gasteiger partial charge in [-0.05, 0) is 136 Å². The summed E-state index contributed by atoms with van der Waals surface area (Å²) in [6, 6.07) is 9.29. The first kappa shape index (κ1) is 48.8. The van der Waals surface area contributed by atoms with Crippen LogP contribution in [0.3, 0.4) is 0 Å². The van der Waals surface area contributed by atoms with Crippen LogP contribution in [0.15, 0.2) is 53.6 Å². The molecule has 70 heavy (non-hydrogen) atoms. The Morgan fingerprint density at radius 2 is 1.60 bits per heavy atom. The summed E-state index contributed by atoms with van der Waals surface area (Å²) in [5.74, 6) is 1.08. The summed E-state index contributed by atoms with van der Waals surface area (Å²) in [5.41, 5.74) is 7.41. The highest BCUT2D eigenvalue weighted by Crippen LogP contribution is 2.47. The van der Waals surface area contributed by atoms with Gasteiger partial charge >= 0.3 is 12.2 Å². The molecule has 1 atom stereocenters. The summed E-state index contributed by atoms with van der Waals surface area (Å²) in [6.45, 7) is 7.43. The van der Waals surface area contributed by atoms with Crippen LogP contribution < -0.4 is 31.6 Å². The minimum atomic E-state index is -4.55. The maximum atomic E-state index is 13.9. The van der Waals surface area contributed by atoms with Crippen molar-refractivity contribution in [2.45, 2.75) is 95.7 Å². The Hall–Kier alpha value is -6.24. The van der Waals surface area contributed by atoms with Gasteiger partial charge in [0.25, 0.3) is 11.5 Å². The first-order valence-corrected chi connectivity index (χ1v) is 24.7. The molecule has 2 aromatic carbocycles. The number of piperidine rings is 1. The van der Waals surface area contributed by atoms with E-state index in [0.29, 0.717) is 103 Å². The molecule has 2 aliphatic carbocycles. The lowest BCUT2D eigenvalue weighted by Crippen LogP contribution is -2.52. The van der Waals surface area contributed by atoms with Gasteiger partial charge in [0.05, 0.1) is 29.8 Å². The van der Waals surface area contributed by atoms with Crippen molar-refractivity contribution in [1.82, 2.24) is 34.6 Å². The largest absolute Gasteiger partial charge is 0.495 e. The average molecular weight is 969 g/mol. The predicted molar refractivity (Wildman–Crippen MR) is 258 cm³/mol. The molecule has 3 aliphatic heterocycles. The monoisotopic (exact) mass is 968 g/mol. The van der Waals surface area contributed by atoms with Gasteiger partial charge in [-0.2, -0.15) is 13.2 Å². The van der Waals surface area contributed by atoms with Crippen LogP contribution in [0.2, 0.25) is 0 Å². The number of pyridine rings is 1. The van der Waals surface area contributed by atoms with Gasteiger partial charge in [0.15, 0.2) is 0 Å². The van der Waals surface area contributed by atoms with Crippen molar-refractivity contribution in [1.29, 1.82) is 0 Å². The zero-order valence-electron chi connectivity index (χ0n) is 40.2. The Morgan fingerprint density at radius 1 is 0.886 bits per heavy atom. The Morgan fingerprint density at radius 3 is 2.27 bits per heavy atom. The maximum Gasteiger partial charge on any atom is 0.416 e. The molecule has 0 bridgehead atoms. The van der Waals surface area contributed by atoms with Crippen molar-refractivity contribution in [2.75, 3.05) is 75.4 Å². The van der Waals surface area contributed by atoms with Crippen molar-refractivity contribution in [3.8, 4) is 5.75 Å². The molecule has 5 heterocycles. The van der Waals surface area contributed by atoms with Crippen LogP contribution in [-0.2, 0) is 22.8 Å². The van der Waals surface area contributed by atoms with Crippen LogP contribution in [0.5, 0.6) is 5.75 Å². The number of urea groups is 1. The van der Waals surface area contributed by atoms with Crippen LogP contribution in [-0.4, -0.2) is 112 Å². The van der Waals surface area contributed by atoms with Crippen molar-refractivity contribution in [2.24, 2.45) is 24.3 Å². The van der Waals surface area contributed by atoms with Gasteiger partial charge in [0, 0.05) is 88.6 Å². The molecule has 9 rings (SSSR count). The van der Waals surface area contributed by atoms with Gasteiger partial charge in [0.1, 0.15) is 23.5 Å². The van der Waals surface area contributed by atoms with Crippen LogP contribution in [0, 0.1) is 17.3 Å². The normalized spacial score (nSPS) is 22.0. The molecule has 2 aromatic heterocycles. The molecule has 1 spiro atoms. The molecular weight excluding hydrogens is 906 g/mol. The number of fused-ring (bicyclic) bond motifs is 1. The van der Waals surface area contributed by atoms with Gasteiger partial charge in [-0.15, -0.1) is 0 Å². The Bertz CT molecular complexity index is 2700. The molecule has 5 aliphatic rings. The van der Waals surface area contributed by atoms with E-state index in [2.05, 4.69) is 25.5 Å². The smallest absolute Gasteiger partial charge is 0.416 e. The van der Waals surface area contributed by atoms with E-state index in [9.17, 15) is 37.1 Å². The standard InChI is InChI=1S/C51H63F3N10O6/c1-31(36-24-37(51(52,53)54)27-38(55)25-36)58-44-40-28-39(48(68)60(2)45(40)57-30-56-44)33-4-6-34(7-5-33)46(66)63-22-20-61(21-23-63)29-32-10-13-50(14-11-32)15-18-62(19-16-50)47(67)35-8-9-42(70-3)41(26-35)64-17-12-43(65)59-49(64)69/h8-9,24-28,30-34H,4-7,10-23,29,55H2,1-3H3,(H,56,57,58)(H,59,65,69)/t31-,33?,34?/m1/s1. The number of amides is 5. The number of nitrogens with zero attached hydrogens (tertiary/aromatic N) is 7. The second kappa shape index (κ2) is 19.9. The lowest BCUT2D eigenvalue weighted by Gasteiger charge is -2.47. The Balaban J connectivity index is 0.731. The van der Waals surface area contributed by atoms with E-state index in [-0.39, 0.29) is 59.2 Å². The van der Waals surface area contributed by atoms with Crippen molar-refractivity contribution in [3.05, 3.63) is 81.4 Å². The fraction of sp³-hybridized carbons (Fsp3) is 0.549. The van der Waals surface area contributed by atoms with Crippen LogP contribution in [0.25, 0.3) is 11.0 Å². The van der Waals surface area contributed by atoms with Crippen LogP contribution in [0.4, 0.5) is 35.2 Å². The maximum absolute atomic E-state index is 13.9. The van der Waals surface area contributed by atoms with Gasteiger partial charge in [-0.3, -0.25) is 38.9 Å². The van der Waals surface area contributed by atoms with Crippen LogP contribution in [0.1, 0.15) is 117 Å². The summed E-state index contributed by atoms with van der Waals surface area (Å²) < 4.78 is 47.7. The van der Waals surface area contributed by atoms with Gasteiger partial charge in [-0.25, -0.2) is 14.8 Å². The average Bonchev–Trinajstić information content (AvgIpc) is 3.35. The number of aryl methyl sites for hydroxylation is 1. The molecule has 5 fully saturated rings. The number of halogens is 3. The number of nitrogen functional groups attached to an aromatic ring is 1. The number of carbonyl (C=O) groups is 4. The highest BCUT2D eigenvalue weighted by Gasteiger charge is 2.41. The number of ether oxygens (including phenoxy) is 1. The highest BCUT2D eigenvalue weighted by molar-refractivity contribution is 6.07. The first-order chi connectivity index (χ1) is 33.5. The van der Waals surface area contributed by atoms with E-state index in [1.54, 1.807) is 32.2 Å². The molecule has 19 heteroatoms.